The van der Waals surface area contributed by atoms with Gasteiger partial charge >= 0.3 is 0 Å². The summed E-state index contributed by atoms with van der Waals surface area (Å²) in [4.78, 5) is 0. The minimum atomic E-state index is -2.78. The van der Waals surface area contributed by atoms with E-state index < -0.39 is 23.8 Å². The molecule has 3 rings (SSSR count). The van der Waals surface area contributed by atoms with Crippen LogP contribution < -0.4 is 10.6 Å². The van der Waals surface area contributed by atoms with Crippen molar-refractivity contribution < 1.29 is 13.4 Å². The Morgan fingerprint density at radius 1 is 0.763 bits per heavy atom. The van der Waals surface area contributed by atoms with Crippen molar-refractivity contribution in [2.75, 3.05) is 6.16 Å². The van der Waals surface area contributed by atoms with Crippen molar-refractivity contribution in [2.24, 2.45) is 0 Å². The van der Waals surface area contributed by atoms with Gasteiger partial charge in [0.25, 0.3) is 0 Å². The van der Waals surface area contributed by atoms with Crippen LogP contribution in [0.25, 0.3) is 0 Å². The summed E-state index contributed by atoms with van der Waals surface area (Å²) >= 11 is 0. The van der Waals surface area contributed by atoms with Crippen molar-refractivity contribution in [2.45, 2.75) is 109 Å². The zero-order valence-electron chi connectivity index (χ0n) is 25.5. The van der Waals surface area contributed by atoms with E-state index in [4.69, 9.17) is 8.85 Å². The Morgan fingerprint density at radius 2 is 1.18 bits per heavy atom. The van der Waals surface area contributed by atoms with Gasteiger partial charge < -0.3 is 13.4 Å². The lowest BCUT2D eigenvalue weighted by atomic mass is 9.90. The van der Waals surface area contributed by atoms with Crippen molar-refractivity contribution in [3.63, 3.8) is 0 Å². The van der Waals surface area contributed by atoms with Gasteiger partial charge in [-0.1, -0.05) is 114 Å². The van der Waals surface area contributed by atoms with Crippen molar-refractivity contribution in [1.82, 2.24) is 0 Å². The smallest absolute Gasteiger partial charge is 0.192 e. The summed E-state index contributed by atoms with van der Waals surface area (Å²) in [5.74, 6) is 0. The summed E-state index contributed by atoms with van der Waals surface area (Å²) in [6, 6.07) is 20.0. The van der Waals surface area contributed by atoms with Crippen LogP contribution in [-0.4, -0.2) is 35.0 Å². The van der Waals surface area contributed by atoms with Gasteiger partial charge in [0.05, 0.1) is 12.2 Å². The normalized spacial score (nSPS) is 21.1. The molecule has 0 aliphatic heterocycles. The zero-order chi connectivity index (χ0) is 28.4. The van der Waals surface area contributed by atoms with Gasteiger partial charge in [0.2, 0.25) is 0 Å². The van der Waals surface area contributed by atoms with Crippen LogP contribution in [0, 0.1) is 0 Å². The average molecular weight is 571 g/mol. The monoisotopic (exact) mass is 570 g/mol. The molecule has 1 aliphatic rings. The fourth-order valence-corrected chi connectivity index (χ4v) is 9.78. The fraction of sp³-hybridized carbons (Fsp3) is 0.562. The molecule has 0 saturated heterocycles. The SMILES string of the molecule is CC(C)(C)[Si](C)(C)O[C@H]1CC/C(=C\CP(=O)(c2ccccc2)c2ccccc2)C[C@H]1O[Si](C)(C)C(C)(C)C. The molecule has 6 heteroatoms. The van der Waals surface area contributed by atoms with Crippen LogP contribution in [0.1, 0.15) is 60.8 Å². The van der Waals surface area contributed by atoms with Crippen molar-refractivity contribution in [1.29, 1.82) is 0 Å². The van der Waals surface area contributed by atoms with Crippen LogP contribution in [0.3, 0.4) is 0 Å². The summed E-state index contributed by atoms with van der Waals surface area (Å²) in [6.45, 7) is 23.2. The van der Waals surface area contributed by atoms with Gasteiger partial charge in [-0.25, -0.2) is 0 Å². The Morgan fingerprint density at radius 3 is 1.61 bits per heavy atom. The second-order valence-electron chi connectivity index (χ2n) is 14.0. The number of rotatable bonds is 8. The van der Waals surface area contributed by atoms with Gasteiger partial charge in [-0.05, 0) is 55.5 Å². The van der Waals surface area contributed by atoms with E-state index in [2.05, 4.69) is 73.8 Å². The van der Waals surface area contributed by atoms with Crippen LogP contribution in [0.5, 0.6) is 0 Å². The molecule has 0 amide bonds. The predicted octanol–water partition coefficient (Wildman–Crippen LogP) is 8.89. The molecule has 2 atom stereocenters. The highest BCUT2D eigenvalue weighted by Crippen LogP contribution is 2.46. The van der Waals surface area contributed by atoms with Crippen molar-refractivity contribution in [3.8, 4) is 0 Å². The Labute approximate surface area is 235 Å². The standard InChI is InChI=1S/C32H51O3PSi2/c1-31(2,3)37(7,8)34-29-22-21-26(25-30(29)35-38(9,10)32(4,5)6)23-24-36(33,27-17-13-11-14-18-27)28-19-15-12-16-20-28/h11-20,23,29-30H,21-22,24-25H2,1-10H3/b26-23+/t29-,30+/m0/s1. The van der Waals surface area contributed by atoms with Crippen LogP contribution in [0.2, 0.25) is 36.3 Å². The molecule has 1 aliphatic carbocycles. The average Bonchev–Trinajstić information content (AvgIpc) is 2.83. The summed E-state index contributed by atoms with van der Waals surface area (Å²) in [5.41, 5.74) is 1.36. The molecular formula is C32H51O3PSi2. The summed E-state index contributed by atoms with van der Waals surface area (Å²) in [5, 5.41) is 2.13. The first-order chi connectivity index (χ1) is 17.5. The second kappa shape index (κ2) is 11.7. The van der Waals surface area contributed by atoms with Gasteiger partial charge in [0.1, 0.15) is 7.14 Å². The molecule has 0 radical (unpaired) electrons. The molecule has 0 bridgehead atoms. The minimum absolute atomic E-state index is 0.0397. The highest BCUT2D eigenvalue weighted by Gasteiger charge is 2.45. The van der Waals surface area contributed by atoms with Gasteiger partial charge in [0.15, 0.2) is 16.6 Å². The maximum Gasteiger partial charge on any atom is 0.192 e. The number of hydrogen-bond acceptors (Lipinski definition) is 3. The summed E-state index contributed by atoms with van der Waals surface area (Å²) in [6.07, 6.45) is 5.74. The number of hydrogen-bond donors (Lipinski definition) is 0. The van der Waals surface area contributed by atoms with Gasteiger partial charge in [-0.3, -0.25) is 0 Å². The molecule has 0 heterocycles. The third kappa shape index (κ3) is 7.28. The lowest BCUT2D eigenvalue weighted by Gasteiger charge is -2.47. The Balaban J connectivity index is 1.91. The molecule has 0 aromatic heterocycles. The molecular weight excluding hydrogens is 519 g/mol. The third-order valence-corrected chi connectivity index (χ3v) is 21.1. The van der Waals surface area contributed by atoms with E-state index in [-0.39, 0.29) is 22.3 Å². The van der Waals surface area contributed by atoms with Crippen LogP contribution >= 0.6 is 7.14 Å². The largest absolute Gasteiger partial charge is 0.411 e. The van der Waals surface area contributed by atoms with E-state index in [1.807, 2.05) is 60.7 Å². The summed E-state index contributed by atoms with van der Waals surface area (Å²) < 4.78 is 28.6. The minimum Gasteiger partial charge on any atom is -0.411 e. The van der Waals surface area contributed by atoms with E-state index in [0.29, 0.717) is 6.16 Å². The van der Waals surface area contributed by atoms with E-state index in [0.717, 1.165) is 29.9 Å². The topological polar surface area (TPSA) is 35.5 Å². The van der Waals surface area contributed by atoms with E-state index in [9.17, 15) is 4.57 Å². The quantitative estimate of drug-likeness (QED) is 0.181. The predicted molar refractivity (Wildman–Crippen MR) is 171 cm³/mol. The van der Waals surface area contributed by atoms with E-state index in [1.165, 1.54) is 5.57 Å². The van der Waals surface area contributed by atoms with Gasteiger partial charge in [-0.15, -0.1) is 0 Å². The van der Waals surface area contributed by atoms with Crippen LogP contribution in [0.4, 0.5) is 0 Å². The maximum atomic E-state index is 14.6. The zero-order valence-corrected chi connectivity index (χ0v) is 28.4. The highest BCUT2D eigenvalue weighted by molar-refractivity contribution is 7.78. The van der Waals surface area contributed by atoms with Crippen LogP contribution in [0.15, 0.2) is 72.3 Å². The molecule has 1 fully saturated rings. The Kier molecular flexibility index (Phi) is 9.64. The fourth-order valence-electron chi connectivity index (χ4n) is 4.51. The molecule has 38 heavy (non-hydrogen) atoms. The van der Waals surface area contributed by atoms with E-state index >= 15 is 0 Å². The Bertz CT molecular complexity index is 1090. The van der Waals surface area contributed by atoms with E-state index in [1.54, 1.807) is 0 Å². The van der Waals surface area contributed by atoms with Gasteiger partial charge in [0, 0.05) is 16.8 Å². The molecule has 0 spiro atoms. The molecule has 2 aromatic carbocycles. The lowest BCUT2D eigenvalue weighted by molar-refractivity contribution is 0.0194. The molecule has 1 saturated carbocycles. The number of allylic oxidation sites excluding steroid dienone is 1. The van der Waals surface area contributed by atoms with Crippen LogP contribution in [-0.2, 0) is 13.4 Å². The Hall–Kier alpha value is -1.24. The summed E-state index contributed by atoms with van der Waals surface area (Å²) in [7, 11) is -6.72. The molecule has 3 nitrogen and oxygen atoms in total. The second-order valence-corrected chi connectivity index (χ2v) is 26.4. The maximum absolute atomic E-state index is 14.6. The molecule has 2 aromatic rings. The van der Waals surface area contributed by atoms with Crippen molar-refractivity contribution >= 4 is 34.4 Å². The lowest BCUT2D eigenvalue weighted by Crippen LogP contribution is -2.53. The first kappa shape index (κ1) is 31.3. The molecule has 210 valence electrons. The molecule has 0 unspecified atom stereocenters. The number of benzene rings is 2. The van der Waals surface area contributed by atoms with Gasteiger partial charge in [-0.2, -0.15) is 0 Å². The molecule has 0 N–H and O–H groups in total. The third-order valence-electron chi connectivity index (χ3n) is 9.12. The van der Waals surface area contributed by atoms with Crippen molar-refractivity contribution in [3.05, 3.63) is 72.3 Å². The highest BCUT2D eigenvalue weighted by atomic mass is 31.2. The first-order valence-electron chi connectivity index (χ1n) is 14.2. The first-order valence-corrected chi connectivity index (χ1v) is 21.9.